The van der Waals surface area contributed by atoms with Gasteiger partial charge >= 0.3 is 6.03 Å². The molecule has 1 saturated carbocycles. The Morgan fingerprint density at radius 3 is 2.62 bits per heavy atom. The molecule has 132 valence electrons. The van der Waals surface area contributed by atoms with E-state index in [1.165, 1.54) is 0 Å². The first-order valence-corrected chi connectivity index (χ1v) is 8.47. The molecule has 1 saturated heterocycles. The van der Waals surface area contributed by atoms with Gasteiger partial charge in [-0.1, -0.05) is 6.92 Å². The van der Waals surface area contributed by atoms with Crippen LogP contribution in [0.5, 0.6) is 0 Å². The highest BCUT2D eigenvalue weighted by Crippen LogP contribution is 2.37. The van der Waals surface area contributed by atoms with E-state index in [0.717, 1.165) is 25.1 Å². The Morgan fingerprint density at radius 2 is 2.04 bits per heavy atom. The average Bonchev–Trinajstić information content (AvgIpc) is 3.40. The second-order valence-electron chi connectivity index (χ2n) is 6.43. The van der Waals surface area contributed by atoms with Gasteiger partial charge in [0.05, 0.1) is 24.6 Å². The lowest BCUT2D eigenvalue weighted by Gasteiger charge is -2.40. The molecule has 8 heteroatoms. The van der Waals surface area contributed by atoms with Gasteiger partial charge in [0, 0.05) is 31.6 Å². The van der Waals surface area contributed by atoms with Gasteiger partial charge in [-0.05, 0) is 19.3 Å². The fourth-order valence-corrected chi connectivity index (χ4v) is 3.04. The molecule has 2 fully saturated rings. The zero-order valence-electron chi connectivity index (χ0n) is 13.8. The number of halogens is 2. The van der Waals surface area contributed by atoms with Crippen molar-refractivity contribution in [2.45, 2.75) is 44.6 Å². The van der Waals surface area contributed by atoms with Crippen LogP contribution < -0.4 is 5.32 Å². The van der Waals surface area contributed by atoms with Gasteiger partial charge in [0.2, 0.25) is 0 Å². The molecule has 1 aliphatic carbocycles. The fraction of sp³-hybridized carbons (Fsp3) is 0.688. The second kappa shape index (κ2) is 7.38. The van der Waals surface area contributed by atoms with Crippen LogP contribution in [0.2, 0.25) is 0 Å². The molecule has 0 aromatic carbocycles. The molecule has 0 radical (unpaired) electrons. The molecule has 1 unspecified atom stereocenters. The first-order chi connectivity index (χ1) is 11.6. The third-order valence-corrected chi connectivity index (χ3v) is 4.60. The normalized spacial score (nSPS) is 22.0. The van der Waals surface area contributed by atoms with Gasteiger partial charge in [-0.25, -0.2) is 23.5 Å². The van der Waals surface area contributed by atoms with Crippen molar-refractivity contribution in [1.29, 1.82) is 0 Å². The smallest absolute Gasteiger partial charge is 0.322 e. The van der Waals surface area contributed by atoms with Crippen LogP contribution in [-0.2, 0) is 0 Å². The van der Waals surface area contributed by atoms with E-state index in [1.54, 1.807) is 22.2 Å². The molecule has 1 aromatic rings. The first-order valence-electron chi connectivity index (χ1n) is 8.47. The summed E-state index contributed by atoms with van der Waals surface area (Å²) in [7, 11) is 0. The number of hydrogen-bond donors (Lipinski definition) is 1. The monoisotopic (exact) mass is 339 g/mol. The van der Waals surface area contributed by atoms with Crippen LogP contribution in [0.4, 0.5) is 19.3 Å². The average molecular weight is 339 g/mol. The lowest BCUT2D eigenvalue weighted by Crippen LogP contribution is -2.56. The minimum atomic E-state index is -2.35. The molecular weight excluding hydrogens is 316 g/mol. The molecule has 0 spiro atoms. The van der Waals surface area contributed by atoms with Crippen molar-refractivity contribution in [2.24, 2.45) is 0 Å². The number of aromatic nitrogens is 2. The quantitative estimate of drug-likeness (QED) is 0.896. The molecule has 2 heterocycles. The van der Waals surface area contributed by atoms with Crippen LogP contribution in [0.1, 0.15) is 37.9 Å². The van der Waals surface area contributed by atoms with Crippen molar-refractivity contribution in [3.8, 4) is 0 Å². The Morgan fingerprint density at radius 1 is 1.33 bits per heavy atom. The van der Waals surface area contributed by atoms with Gasteiger partial charge in [-0.3, -0.25) is 4.90 Å². The van der Waals surface area contributed by atoms with Gasteiger partial charge in [0.25, 0.3) is 6.43 Å². The summed E-state index contributed by atoms with van der Waals surface area (Å²) in [5.41, 5.74) is 0.562. The molecule has 1 N–H and O–H groups in total. The standard InChI is InChI=1S/C16H23F2N5O/c1-2-13-9-23(6-5-22(13)10-14(17)18)16(24)21-12-7-19-15(20-8-12)11-3-4-11/h7-8,11,13-14H,2-6,9-10H2,1H3,(H,21,24). The van der Waals surface area contributed by atoms with E-state index in [1.807, 2.05) is 6.92 Å². The Bertz CT molecular complexity index is 564. The number of nitrogens with zero attached hydrogens (tertiary/aromatic N) is 4. The van der Waals surface area contributed by atoms with Crippen molar-refractivity contribution in [1.82, 2.24) is 19.8 Å². The van der Waals surface area contributed by atoms with Crippen LogP contribution in [0.25, 0.3) is 0 Å². The van der Waals surface area contributed by atoms with Crippen LogP contribution in [0, 0.1) is 0 Å². The van der Waals surface area contributed by atoms with Gasteiger partial charge < -0.3 is 10.2 Å². The lowest BCUT2D eigenvalue weighted by atomic mass is 10.1. The molecule has 0 bridgehead atoms. The maximum absolute atomic E-state index is 12.6. The van der Waals surface area contributed by atoms with Crippen LogP contribution in [0.15, 0.2) is 12.4 Å². The minimum Gasteiger partial charge on any atom is -0.322 e. The molecule has 1 aromatic heterocycles. The van der Waals surface area contributed by atoms with E-state index in [2.05, 4.69) is 15.3 Å². The Kier molecular flexibility index (Phi) is 5.23. The van der Waals surface area contributed by atoms with Crippen molar-refractivity contribution in [2.75, 3.05) is 31.5 Å². The summed E-state index contributed by atoms with van der Waals surface area (Å²) in [6, 6.07) is -0.264. The molecule has 24 heavy (non-hydrogen) atoms. The number of carbonyl (C=O) groups is 1. The number of hydrogen-bond acceptors (Lipinski definition) is 4. The summed E-state index contributed by atoms with van der Waals surface area (Å²) in [5.74, 6) is 1.31. The van der Waals surface area contributed by atoms with Crippen molar-refractivity contribution >= 4 is 11.7 Å². The third-order valence-electron chi connectivity index (χ3n) is 4.60. The SMILES string of the molecule is CCC1CN(C(=O)Nc2cnc(C3CC3)nc2)CCN1CC(F)F. The maximum atomic E-state index is 12.6. The Balaban J connectivity index is 1.54. The van der Waals surface area contributed by atoms with Crippen molar-refractivity contribution < 1.29 is 13.6 Å². The summed E-state index contributed by atoms with van der Waals surface area (Å²) in [6.07, 6.45) is 3.91. The topological polar surface area (TPSA) is 61.4 Å². The number of carbonyl (C=O) groups excluding carboxylic acids is 1. The number of alkyl halides is 2. The molecule has 2 aliphatic rings. The number of nitrogens with one attached hydrogen (secondary N) is 1. The first kappa shape index (κ1) is 17.0. The fourth-order valence-electron chi connectivity index (χ4n) is 3.04. The van der Waals surface area contributed by atoms with E-state index in [9.17, 15) is 13.6 Å². The van der Waals surface area contributed by atoms with Crippen molar-refractivity contribution in [3.05, 3.63) is 18.2 Å². The number of urea groups is 1. The summed E-state index contributed by atoms with van der Waals surface area (Å²) in [5, 5.41) is 2.79. The lowest BCUT2D eigenvalue weighted by molar-refractivity contribution is 0.0306. The van der Waals surface area contributed by atoms with E-state index >= 15 is 0 Å². The van der Waals surface area contributed by atoms with Crippen molar-refractivity contribution in [3.63, 3.8) is 0 Å². The van der Waals surface area contributed by atoms with Gasteiger partial charge in [-0.2, -0.15) is 0 Å². The molecule has 2 amide bonds. The van der Waals surface area contributed by atoms with Crippen LogP contribution >= 0.6 is 0 Å². The number of anilines is 1. The maximum Gasteiger partial charge on any atom is 0.322 e. The summed E-state index contributed by atoms with van der Waals surface area (Å²) in [6.45, 7) is 3.08. The number of rotatable bonds is 5. The Labute approximate surface area is 140 Å². The van der Waals surface area contributed by atoms with E-state index in [4.69, 9.17) is 0 Å². The third kappa shape index (κ3) is 4.17. The number of piperazine rings is 1. The molecule has 6 nitrogen and oxygen atoms in total. The predicted octanol–water partition coefficient (Wildman–Crippen LogP) is 2.55. The van der Waals surface area contributed by atoms with Crippen LogP contribution in [0.3, 0.4) is 0 Å². The van der Waals surface area contributed by atoms with Gasteiger partial charge in [0.1, 0.15) is 5.82 Å². The number of amides is 2. The van der Waals surface area contributed by atoms with Gasteiger partial charge in [-0.15, -0.1) is 0 Å². The van der Waals surface area contributed by atoms with Crippen LogP contribution in [-0.4, -0.2) is 64.4 Å². The Hall–Kier alpha value is -1.83. The summed E-state index contributed by atoms with van der Waals surface area (Å²) < 4.78 is 25.2. The van der Waals surface area contributed by atoms with E-state index in [0.29, 0.717) is 31.2 Å². The predicted molar refractivity (Wildman–Crippen MR) is 86.3 cm³/mol. The van der Waals surface area contributed by atoms with E-state index in [-0.39, 0.29) is 18.6 Å². The largest absolute Gasteiger partial charge is 0.322 e. The zero-order chi connectivity index (χ0) is 17.1. The summed E-state index contributed by atoms with van der Waals surface area (Å²) in [4.78, 5) is 24.4. The molecule has 1 atom stereocenters. The highest BCUT2D eigenvalue weighted by Gasteiger charge is 2.30. The second-order valence-corrected chi connectivity index (χ2v) is 6.43. The van der Waals surface area contributed by atoms with Gasteiger partial charge in [0.15, 0.2) is 0 Å². The molecule has 3 rings (SSSR count). The zero-order valence-corrected chi connectivity index (χ0v) is 13.8. The van der Waals surface area contributed by atoms with E-state index < -0.39 is 6.43 Å². The minimum absolute atomic E-state index is 0.0352. The highest BCUT2D eigenvalue weighted by molar-refractivity contribution is 5.89. The molecule has 1 aliphatic heterocycles. The summed E-state index contributed by atoms with van der Waals surface area (Å²) >= 11 is 0. The molecular formula is C16H23F2N5O. The highest BCUT2D eigenvalue weighted by atomic mass is 19.3.